The lowest BCUT2D eigenvalue weighted by molar-refractivity contribution is -0.0449. The number of rotatable bonds is 6. The molecule has 9 heteroatoms. The van der Waals surface area contributed by atoms with E-state index in [2.05, 4.69) is 4.74 Å². The highest BCUT2D eigenvalue weighted by Gasteiger charge is 2.45. The van der Waals surface area contributed by atoms with Crippen LogP contribution in [-0.4, -0.2) is 45.4 Å². The summed E-state index contributed by atoms with van der Waals surface area (Å²) in [6, 6.07) is 0. The zero-order valence-electron chi connectivity index (χ0n) is 7.04. The first-order valence-electron chi connectivity index (χ1n) is 3.56. The van der Waals surface area contributed by atoms with Gasteiger partial charge in [-0.3, -0.25) is 0 Å². The van der Waals surface area contributed by atoms with Crippen molar-refractivity contribution in [2.24, 2.45) is 0 Å². The molecule has 14 heavy (non-hydrogen) atoms. The summed E-state index contributed by atoms with van der Waals surface area (Å²) in [4.78, 5) is 0. The lowest BCUT2D eigenvalue weighted by atomic mass is 10.7. The average Bonchev–Trinajstić information content (AvgIpc) is 2.02. The predicted octanol–water partition coefficient (Wildman–Crippen LogP) is -0.566. The maximum absolute atomic E-state index is 11.7. The highest BCUT2D eigenvalue weighted by Crippen LogP contribution is 2.21. The maximum atomic E-state index is 11.7. The topological polar surface area (TPSA) is 75.6 Å². The molecule has 0 spiro atoms. The Morgan fingerprint density at radius 3 is 2.29 bits per heavy atom. The Morgan fingerprint density at radius 2 is 1.86 bits per heavy atom. The molecule has 0 unspecified atom stereocenters. The second kappa shape index (κ2) is 5.49. The van der Waals surface area contributed by atoms with Crippen molar-refractivity contribution in [3.8, 4) is 0 Å². The average molecular weight is 237 g/mol. The minimum Gasteiger partial charge on any atom is -0.394 e. The summed E-state index contributed by atoms with van der Waals surface area (Å²) in [7, 11) is -5.28. The van der Waals surface area contributed by atoms with E-state index in [9.17, 15) is 21.6 Å². The number of hydrogen-bond acceptors (Lipinski definition) is 4. The SMILES string of the molecule is O=S(=O)(NCCOCCO)C(F)(F)F. The second-order valence-corrected chi connectivity index (χ2v) is 3.94. The molecule has 0 aromatic rings. The Kier molecular flexibility index (Phi) is 5.34. The summed E-state index contributed by atoms with van der Waals surface area (Å²) in [5.41, 5.74) is -5.30. The first kappa shape index (κ1) is 13.6. The van der Waals surface area contributed by atoms with Crippen LogP contribution in [0.5, 0.6) is 0 Å². The quantitative estimate of drug-likeness (QED) is 0.607. The Labute approximate surface area is 78.9 Å². The van der Waals surface area contributed by atoms with E-state index in [-0.39, 0.29) is 19.8 Å². The van der Waals surface area contributed by atoms with Crippen molar-refractivity contribution in [2.45, 2.75) is 5.51 Å². The molecule has 0 saturated carbocycles. The normalized spacial score (nSPS) is 13.1. The van der Waals surface area contributed by atoms with E-state index in [0.717, 1.165) is 0 Å². The number of aliphatic hydroxyl groups excluding tert-OH is 1. The van der Waals surface area contributed by atoms with Crippen LogP contribution >= 0.6 is 0 Å². The third-order valence-electron chi connectivity index (χ3n) is 1.08. The molecule has 0 heterocycles. The van der Waals surface area contributed by atoms with Crippen molar-refractivity contribution < 1.29 is 31.4 Å². The molecule has 0 aliphatic carbocycles. The predicted molar refractivity (Wildman–Crippen MR) is 40.9 cm³/mol. The van der Waals surface area contributed by atoms with Crippen LogP contribution in [0.15, 0.2) is 0 Å². The Hall–Kier alpha value is -0.380. The van der Waals surface area contributed by atoms with E-state index in [1.807, 2.05) is 0 Å². The first-order chi connectivity index (χ1) is 6.31. The van der Waals surface area contributed by atoms with Crippen molar-refractivity contribution >= 4 is 10.0 Å². The third kappa shape index (κ3) is 4.74. The molecule has 5 nitrogen and oxygen atoms in total. The number of halogens is 3. The molecule has 0 rings (SSSR count). The summed E-state index contributed by atoms with van der Waals surface area (Å²) >= 11 is 0. The zero-order valence-corrected chi connectivity index (χ0v) is 7.86. The molecular weight excluding hydrogens is 227 g/mol. The number of aliphatic hydroxyl groups is 1. The van der Waals surface area contributed by atoms with E-state index in [0.29, 0.717) is 0 Å². The van der Waals surface area contributed by atoms with Crippen molar-refractivity contribution in [3.63, 3.8) is 0 Å². The molecule has 0 aromatic heterocycles. The molecule has 0 fully saturated rings. The van der Waals surface area contributed by atoms with Gasteiger partial charge in [0.15, 0.2) is 0 Å². The van der Waals surface area contributed by atoms with E-state index >= 15 is 0 Å². The molecular formula is C5H10F3NO4S. The van der Waals surface area contributed by atoms with Crippen LogP contribution in [0, 0.1) is 0 Å². The number of nitrogens with one attached hydrogen (secondary N) is 1. The largest absolute Gasteiger partial charge is 0.511 e. The number of ether oxygens (including phenoxy) is 1. The van der Waals surface area contributed by atoms with Gasteiger partial charge in [0.2, 0.25) is 0 Å². The number of alkyl halides is 3. The fraction of sp³-hybridized carbons (Fsp3) is 1.00. The summed E-state index contributed by atoms with van der Waals surface area (Å²) in [5.74, 6) is 0. The van der Waals surface area contributed by atoms with Crippen molar-refractivity contribution in [1.29, 1.82) is 0 Å². The van der Waals surface area contributed by atoms with E-state index < -0.39 is 22.1 Å². The first-order valence-corrected chi connectivity index (χ1v) is 5.04. The standard InChI is InChI=1S/C5H10F3NO4S/c6-5(7,8)14(11,12)9-1-3-13-4-2-10/h9-10H,1-4H2. The summed E-state index contributed by atoms with van der Waals surface area (Å²) in [6.07, 6.45) is 0. The van der Waals surface area contributed by atoms with Gasteiger partial charge in [-0.05, 0) is 0 Å². The fourth-order valence-corrected chi connectivity index (χ4v) is 1.01. The van der Waals surface area contributed by atoms with Crippen molar-refractivity contribution in [1.82, 2.24) is 4.72 Å². The Balaban J connectivity index is 3.80. The number of sulfonamides is 1. The summed E-state index contributed by atoms with van der Waals surface area (Å²) in [5, 5.41) is 8.21. The highest BCUT2D eigenvalue weighted by atomic mass is 32.2. The molecule has 0 aromatic carbocycles. The van der Waals surface area contributed by atoms with Gasteiger partial charge in [0.25, 0.3) is 0 Å². The third-order valence-corrected chi connectivity index (χ3v) is 2.27. The molecule has 86 valence electrons. The van der Waals surface area contributed by atoms with Gasteiger partial charge in [0.1, 0.15) is 0 Å². The van der Waals surface area contributed by atoms with Gasteiger partial charge in [0.05, 0.1) is 19.8 Å². The molecule has 0 radical (unpaired) electrons. The maximum Gasteiger partial charge on any atom is 0.511 e. The Bertz CT molecular complexity index is 250. The van der Waals surface area contributed by atoms with Crippen LogP contribution in [0.25, 0.3) is 0 Å². The van der Waals surface area contributed by atoms with Crippen LogP contribution in [0.3, 0.4) is 0 Å². The van der Waals surface area contributed by atoms with E-state index in [1.54, 1.807) is 0 Å². The zero-order chi connectivity index (χ0) is 11.2. The van der Waals surface area contributed by atoms with Gasteiger partial charge in [0, 0.05) is 6.54 Å². The van der Waals surface area contributed by atoms with E-state index in [1.165, 1.54) is 4.72 Å². The van der Waals surface area contributed by atoms with Gasteiger partial charge in [-0.15, -0.1) is 0 Å². The fourth-order valence-electron chi connectivity index (χ4n) is 0.497. The van der Waals surface area contributed by atoms with Crippen molar-refractivity contribution in [2.75, 3.05) is 26.4 Å². The van der Waals surface area contributed by atoms with Crippen LogP contribution in [0.1, 0.15) is 0 Å². The van der Waals surface area contributed by atoms with Gasteiger partial charge >= 0.3 is 15.5 Å². The van der Waals surface area contributed by atoms with Gasteiger partial charge in [-0.1, -0.05) is 0 Å². The molecule has 0 aliphatic heterocycles. The summed E-state index contributed by atoms with van der Waals surface area (Å²) < 4.78 is 61.6. The number of hydrogen-bond donors (Lipinski definition) is 2. The van der Waals surface area contributed by atoms with Crippen molar-refractivity contribution in [3.05, 3.63) is 0 Å². The monoisotopic (exact) mass is 237 g/mol. The second-order valence-electron chi connectivity index (χ2n) is 2.18. The minimum atomic E-state index is -5.30. The van der Waals surface area contributed by atoms with Gasteiger partial charge in [-0.2, -0.15) is 13.2 Å². The van der Waals surface area contributed by atoms with Crippen LogP contribution in [0.2, 0.25) is 0 Å². The van der Waals surface area contributed by atoms with Crippen LogP contribution in [-0.2, 0) is 14.8 Å². The van der Waals surface area contributed by atoms with Gasteiger partial charge < -0.3 is 9.84 Å². The molecule has 2 N–H and O–H groups in total. The minimum absolute atomic E-state index is 0.0479. The Morgan fingerprint density at radius 1 is 1.29 bits per heavy atom. The molecule has 0 bridgehead atoms. The van der Waals surface area contributed by atoms with Gasteiger partial charge in [-0.25, -0.2) is 13.1 Å². The summed E-state index contributed by atoms with van der Waals surface area (Å²) in [6.45, 7) is -1.03. The smallest absolute Gasteiger partial charge is 0.394 e. The molecule has 0 atom stereocenters. The molecule has 0 saturated heterocycles. The molecule has 0 aliphatic rings. The lowest BCUT2D eigenvalue weighted by Gasteiger charge is -2.08. The lowest BCUT2D eigenvalue weighted by Crippen LogP contribution is -2.38. The van der Waals surface area contributed by atoms with E-state index in [4.69, 9.17) is 5.11 Å². The molecule has 0 amide bonds. The van der Waals surface area contributed by atoms with Crippen LogP contribution < -0.4 is 4.72 Å². The van der Waals surface area contributed by atoms with Crippen LogP contribution in [0.4, 0.5) is 13.2 Å². The highest BCUT2D eigenvalue weighted by molar-refractivity contribution is 7.90.